The number of aliphatic hydroxyl groups is 1. The molecule has 3 aromatic rings. The summed E-state index contributed by atoms with van der Waals surface area (Å²) < 4.78 is 13.0. The fourth-order valence-corrected chi connectivity index (χ4v) is 4.06. The second kappa shape index (κ2) is 12.8. The molecule has 0 atom stereocenters. The number of anilines is 1. The van der Waals surface area contributed by atoms with Gasteiger partial charge in [0, 0.05) is 30.4 Å². The molecule has 184 valence electrons. The first-order valence-corrected chi connectivity index (χ1v) is 11.9. The van der Waals surface area contributed by atoms with E-state index < -0.39 is 0 Å². The van der Waals surface area contributed by atoms with Crippen molar-refractivity contribution in [1.82, 2.24) is 14.6 Å². The molecule has 0 unspecified atom stereocenters. The molecule has 0 aliphatic carbocycles. The molecule has 0 spiro atoms. The summed E-state index contributed by atoms with van der Waals surface area (Å²) in [6.07, 6.45) is 6.89. The van der Waals surface area contributed by atoms with E-state index in [0.717, 1.165) is 37.6 Å². The molecule has 0 radical (unpaired) electrons. The smallest absolute Gasteiger partial charge is 0.269 e. The van der Waals surface area contributed by atoms with Gasteiger partial charge in [0.1, 0.15) is 5.52 Å². The van der Waals surface area contributed by atoms with E-state index in [1.807, 2.05) is 19.2 Å². The fraction of sp³-hybridized carbons (Fsp3) is 0.417. The van der Waals surface area contributed by atoms with Crippen molar-refractivity contribution in [2.24, 2.45) is 0 Å². The number of pyridine rings is 2. The van der Waals surface area contributed by atoms with Gasteiger partial charge in [-0.2, -0.15) is 0 Å². The van der Waals surface area contributed by atoms with E-state index >= 15 is 0 Å². The fourth-order valence-electron chi connectivity index (χ4n) is 3.61. The Kier molecular flexibility index (Phi) is 9.83. The minimum atomic E-state index is -0.304. The molecule has 10 heteroatoms. The minimum Gasteiger partial charge on any atom is -0.493 e. The second-order valence-electron chi connectivity index (χ2n) is 7.92. The third-order valence-electron chi connectivity index (χ3n) is 5.44. The summed E-state index contributed by atoms with van der Waals surface area (Å²) in [7, 11) is 3.57. The van der Waals surface area contributed by atoms with Crippen molar-refractivity contribution in [3.8, 4) is 11.5 Å². The van der Waals surface area contributed by atoms with Crippen LogP contribution >= 0.6 is 23.2 Å². The Morgan fingerprint density at radius 1 is 1.06 bits per heavy atom. The average Bonchev–Trinajstić information content (AvgIpc) is 2.82. The summed E-state index contributed by atoms with van der Waals surface area (Å²) in [5, 5.41) is 10.3. The molecule has 1 aromatic carbocycles. The SMILES string of the molecule is COc1ccc2ccc(=O)n(Nc3c(Cl)cncc3Cl)c2c1OCCCCCCN(C)CCO. The van der Waals surface area contributed by atoms with Crippen molar-refractivity contribution in [3.05, 3.63) is 57.1 Å². The monoisotopic (exact) mass is 508 g/mol. The summed E-state index contributed by atoms with van der Waals surface area (Å²) in [6.45, 7) is 2.30. The normalized spacial score (nSPS) is 11.2. The predicted octanol–water partition coefficient (Wildman–Crippen LogP) is 4.45. The van der Waals surface area contributed by atoms with Crippen molar-refractivity contribution in [2.75, 3.05) is 45.9 Å². The summed E-state index contributed by atoms with van der Waals surface area (Å²) >= 11 is 12.5. The number of nitrogens with zero attached hydrogens (tertiary/aromatic N) is 3. The zero-order chi connectivity index (χ0) is 24.5. The molecule has 3 rings (SSSR count). The lowest BCUT2D eigenvalue weighted by Crippen LogP contribution is -2.26. The summed E-state index contributed by atoms with van der Waals surface area (Å²) in [5.41, 5.74) is 3.62. The van der Waals surface area contributed by atoms with E-state index in [1.165, 1.54) is 23.1 Å². The molecular formula is C24H30Cl2N4O4. The number of halogens is 2. The van der Waals surface area contributed by atoms with Gasteiger partial charge in [0.15, 0.2) is 11.5 Å². The molecule has 0 aliphatic heterocycles. The van der Waals surface area contributed by atoms with E-state index in [9.17, 15) is 4.79 Å². The lowest BCUT2D eigenvalue weighted by molar-refractivity contribution is 0.218. The van der Waals surface area contributed by atoms with Gasteiger partial charge in [-0.25, -0.2) is 4.68 Å². The highest BCUT2D eigenvalue weighted by atomic mass is 35.5. The van der Waals surface area contributed by atoms with Crippen LogP contribution in [-0.2, 0) is 0 Å². The standard InChI is InChI=1S/C24H30Cl2N4O4/c1-29(12-13-31)11-5-3-4-6-14-34-24-20(33-2)9-7-17-8-10-21(32)30(23(17)24)28-22-18(25)15-27-16-19(22)26/h7-10,15-16,31H,3-6,11-14H2,1-2H3,(H,27,28). The first-order valence-electron chi connectivity index (χ1n) is 11.2. The number of ether oxygens (including phenoxy) is 2. The molecule has 2 heterocycles. The Morgan fingerprint density at radius 2 is 1.76 bits per heavy atom. The van der Waals surface area contributed by atoms with Crippen LogP contribution in [0.25, 0.3) is 10.9 Å². The quantitative estimate of drug-likeness (QED) is 0.329. The van der Waals surface area contributed by atoms with Crippen molar-refractivity contribution < 1.29 is 14.6 Å². The van der Waals surface area contributed by atoms with Crippen molar-refractivity contribution in [2.45, 2.75) is 25.7 Å². The van der Waals surface area contributed by atoms with Crippen LogP contribution in [0.1, 0.15) is 25.7 Å². The zero-order valence-corrected chi connectivity index (χ0v) is 20.9. The van der Waals surface area contributed by atoms with Crippen LogP contribution in [0.4, 0.5) is 5.69 Å². The molecule has 0 aliphatic rings. The number of aromatic nitrogens is 2. The molecule has 0 saturated heterocycles. The zero-order valence-electron chi connectivity index (χ0n) is 19.4. The van der Waals surface area contributed by atoms with Crippen LogP contribution in [0.5, 0.6) is 11.5 Å². The van der Waals surface area contributed by atoms with E-state index in [0.29, 0.717) is 35.9 Å². The van der Waals surface area contributed by atoms with Crippen molar-refractivity contribution in [3.63, 3.8) is 0 Å². The lowest BCUT2D eigenvalue weighted by Gasteiger charge is -2.19. The third-order valence-corrected chi connectivity index (χ3v) is 6.01. The maximum absolute atomic E-state index is 12.8. The highest BCUT2D eigenvalue weighted by Gasteiger charge is 2.17. The molecule has 2 aromatic heterocycles. The molecule has 0 bridgehead atoms. The Balaban J connectivity index is 1.79. The van der Waals surface area contributed by atoms with Gasteiger partial charge >= 0.3 is 0 Å². The molecular weight excluding hydrogens is 479 g/mol. The first kappa shape index (κ1) is 26.1. The summed E-state index contributed by atoms with van der Waals surface area (Å²) in [6, 6.07) is 6.87. The van der Waals surface area contributed by atoms with Gasteiger partial charge in [0.05, 0.1) is 36.1 Å². The van der Waals surface area contributed by atoms with Crippen LogP contribution in [0.15, 0.2) is 41.5 Å². The van der Waals surface area contributed by atoms with Crippen LogP contribution in [0.2, 0.25) is 10.0 Å². The number of hydrogen-bond donors (Lipinski definition) is 2. The molecule has 8 nitrogen and oxygen atoms in total. The number of methoxy groups -OCH3 is 1. The van der Waals surface area contributed by atoms with Crippen molar-refractivity contribution >= 4 is 39.8 Å². The topological polar surface area (TPSA) is 88.8 Å². The Morgan fingerprint density at radius 3 is 2.47 bits per heavy atom. The van der Waals surface area contributed by atoms with Crippen LogP contribution in [0, 0.1) is 0 Å². The van der Waals surface area contributed by atoms with E-state index in [4.69, 9.17) is 37.8 Å². The number of fused-ring (bicyclic) bond motifs is 1. The minimum absolute atomic E-state index is 0.177. The van der Waals surface area contributed by atoms with E-state index in [2.05, 4.69) is 15.3 Å². The molecule has 34 heavy (non-hydrogen) atoms. The highest BCUT2D eigenvalue weighted by Crippen LogP contribution is 2.36. The number of unbranched alkanes of at least 4 members (excludes halogenated alkanes) is 3. The third kappa shape index (κ3) is 6.54. The lowest BCUT2D eigenvalue weighted by atomic mass is 10.2. The Labute approximate surface area is 209 Å². The number of benzene rings is 1. The van der Waals surface area contributed by atoms with Gasteiger partial charge in [-0.1, -0.05) is 36.0 Å². The van der Waals surface area contributed by atoms with Gasteiger partial charge in [0.25, 0.3) is 5.56 Å². The largest absolute Gasteiger partial charge is 0.493 e. The van der Waals surface area contributed by atoms with Crippen LogP contribution in [0.3, 0.4) is 0 Å². The van der Waals surface area contributed by atoms with E-state index in [1.54, 1.807) is 13.2 Å². The number of nitrogens with one attached hydrogen (secondary N) is 1. The van der Waals surface area contributed by atoms with Gasteiger partial charge < -0.3 is 19.5 Å². The predicted molar refractivity (Wildman–Crippen MR) is 137 cm³/mol. The Hall–Kier alpha value is -2.52. The number of likely N-dealkylation sites (N-methyl/N-ethyl adjacent to an activating group) is 1. The molecule has 0 saturated carbocycles. The van der Waals surface area contributed by atoms with Gasteiger partial charge in [-0.3, -0.25) is 15.2 Å². The second-order valence-corrected chi connectivity index (χ2v) is 8.74. The number of rotatable bonds is 13. The van der Waals surface area contributed by atoms with Crippen LogP contribution in [-0.4, -0.2) is 60.1 Å². The molecule has 0 fully saturated rings. The molecule has 0 amide bonds. The molecule has 2 N–H and O–H groups in total. The van der Waals surface area contributed by atoms with E-state index in [-0.39, 0.29) is 22.2 Å². The van der Waals surface area contributed by atoms with Gasteiger partial charge in [0.2, 0.25) is 0 Å². The van der Waals surface area contributed by atoms with Crippen molar-refractivity contribution in [1.29, 1.82) is 0 Å². The van der Waals surface area contributed by atoms with Gasteiger partial charge in [-0.15, -0.1) is 0 Å². The maximum atomic E-state index is 12.8. The first-order chi connectivity index (χ1) is 16.5. The maximum Gasteiger partial charge on any atom is 0.269 e. The summed E-state index contributed by atoms with van der Waals surface area (Å²) in [5.74, 6) is 0.986. The highest BCUT2D eigenvalue weighted by molar-refractivity contribution is 6.38. The summed E-state index contributed by atoms with van der Waals surface area (Å²) in [4.78, 5) is 18.9. The average molecular weight is 509 g/mol. The number of hydrogen-bond acceptors (Lipinski definition) is 7. The van der Waals surface area contributed by atoms with Crippen LogP contribution < -0.4 is 20.5 Å². The number of aliphatic hydroxyl groups excluding tert-OH is 1. The Bertz CT molecular complexity index is 1140. The van der Waals surface area contributed by atoms with Gasteiger partial charge in [-0.05, 0) is 44.6 Å².